The average Bonchev–Trinajstić information content (AvgIpc) is 3.47. The molecule has 6 aromatic rings. The molecule has 0 aliphatic carbocycles. The summed E-state index contributed by atoms with van der Waals surface area (Å²) in [5, 5.41) is 6.78. The molecular weight excluding hydrogens is 436 g/mol. The highest BCUT2D eigenvalue weighted by Gasteiger charge is 2.28. The minimum atomic E-state index is -3.95. The second-order valence-electron chi connectivity index (χ2n) is 8.21. The zero-order valence-corrected chi connectivity index (χ0v) is 19.1. The maximum atomic E-state index is 14.0. The molecule has 8 nitrogen and oxygen atoms in total. The fourth-order valence-electron chi connectivity index (χ4n) is 4.45. The van der Waals surface area contributed by atoms with Crippen LogP contribution in [0.15, 0.2) is 72.1 Å². The van der Waals surface area contributed by atoms with E-state index < -0.39 is 10.0 Å². The molecular formula is C24H20N6O2S. The summed E-state index contributed by atoms with van der Waals surface area (Å²) in [5.41, 5.74) is 4.26. The van der Waals surface area contributed by atoms with Crippen molar-refractivity contribution in [3.05, 3.63) is 72.8 Å². The van der Waals surface area contributed by atoms with Gasteiger partial charge in [-0.3, -0.25) is 4.68 Å². The Morgan fingerprint density at radius 3 is 2.48 bits per heavy atom. The third kappa shape index (κ3) is 2.75. The zero-order valence-electron chi connectivity index (χ0n) is 18.3. The monoisotopic (exact) mass is 456 g/mol. The lowest BCUT2D eigenvalue weighted by molar-refractivity contribution is 0.589. The van der Waals surface area contributed by atoms with E-state index in [0.29, 0.717) is 11.3 Å². The van der Waals surface area contributed by atoms with E-state index in [9.17, 15) is 8.42 Å². The van der Waals surface area contributed by atoms with E-state index in [4.69, 9.17) is 0 Å². The Bertz CT molecular complexity index is 1810. The topological polar surface area (TPSA) is 87.6 Å². The van der Waals surface area contributed by atoms with Crippen LogP contribution in [0.25, 0.3) is 44.2 Å². The third-order valence-electron chi connectivity index (χ3n) is 6.05. The van der Waals surface area contributed by atoms with Gasteiger partial charge in [0.25, 0.3) is 10.0 Å². The minimum absolute atomic E-state index is 0.206. The predicted molar refractivity (Wildman–Crippen MR) is 127 cm³/mol. The molecule has 0 spiro atoms. The van der Waals surface area contributed by atoms with Crippen molar-refractivity contribution in [2.75, 3.05) is 0 Å². The van der Waals surface area contributed by atoms with Crippen LogP contribution in [-0.4, -0.2) is 36.7 Å². The number of aromatic nitrogens is 6. The molecule has 0 fully saturated rings. The van der Waals surface area contributed by atoms with Gasteiger partial charge >= 0.3 is 0 Å². The molecule has 0 unspecified atom stereocenters. The van der Waals surface area contributed by atoms with E-state index >= 15 is 0 Å². The molecule has 0 aliphatic rings. The van der Waals surface area contributed by atoms with Gasteiger partial charge in [-0.2, -0.15) is 5.10 Å². The molecule has 1 aromatic carbocycles. The Balaban J connectivity index is 1.78. The number of rotatable bonds is 3. The van der Waals surface area contributed by atoms with Gasteiger partial charge in [0, 0.05) is 54.4 Å². The van der Waals surface area contributed by atoms with E-state index in [-0.39, 0.29) is 4.90 Å². The number of hydrogen-bond acceptors (Lipinski definition) is 5. The Labute approximate surface area is 189 Å². The number of aryl methyl sites for hydroxylation is 3. The van der Waals surface area contributed by atoms with E-state index in [1.807, 2.05) is 50.0 Å². The molecule has 9 heteroatoms. The van der Waals surface area contributed by atoms with Crippen molar-refractivity contribution >= 4 is 43.0 Å². The largest absolute Gasteiger partial charge is 0.335 e. The van der Waals surface area contributed by atoms with E-state index in [2.05, 4.69) is 15.1 Å². The maximum Gasteiger partial charge on any atom is 0.269 e. The molecule has 164 valence electrons. The predicted octanol–water partition coefficient (Wildman–Crippen LogP) is 4.02. The van der Waals surface area contributed by atoms with Crippen molar-refractivity contribution in [1.29, 1.82) is 0 Å². The van der Waals surface area contributed by atoms with Crippen LogP contribution < -0.4 is 0 Å². The summed E-state index contributed by atoms with van der Waals surface area (Å²) < 4.78 is 33.0. The molecule has 0 aliphatic heterocycles. The summed E-state index contributed by atoms with van der Waals surface area (Å²) in [6.45, 7) is 1.93. The summed E-state index contributed by atoms with van der Waals surface area (Å²) in [6.07, 6.45) is 7.04. The number of fused-ring (bicyclic) bond motifs is 4. The Hall–Kier alpha value is -3.98. The van der Waals surface area contributed by atoms with Gasteiger partial charge in [0.05, 0.1) is 22.3 Å². The van der Waals surface area contributed by atoms with E-state index in [1.54, 1.807) is 47.5 Å². The van der Waals surface area contributed by atoms with Gasteiger partial charge in [0.2, 0.25) is 0 Å². The molecule has 5 heterocycles. The summed E-state index contributed by atoms with van der Waals surface area (Å²) >= 11 is 0. The van der Waals surface area contributed by atoms with Crippen LogP contribution in [0.2, 0.25) is 0 Å². The SMILES string of the molecule is Cc1ccc(S(=O)(=O)n2c(-c3cn(C)c4ncccc34)cc3c4c(cnc32)cnn4C)cc1. The minimum Gasteiger partial charge on any atom is -0.335 e. The van der Waals surface area contributed by atoms with Crippen LogP contribution >= 0.6 is 0 Å². The second kappa shape index (κ2) is 6.76. The molecule has 0 saturated heterocycles. The summed E-state index contributed by atoms with van der Waals surface area (Å²) in [7, 11) is -0.204. The van der Waals surface area contributed by atoms with Gasteiger partial charge < -0.3 is 4.57 Å². The first-order valence-corrected chi connectivity index (χ1v) is 11.8. The normalized spacial score (nSPS) is 12.3. The molecule has 0 saturated carbocycles. The lowest BCUT2D eigenvalue weighted by Crippen LogP contribution is -2.14. The van der Waals surface area contributed by atoms with Crippen LogP contribution in [-0.2, 0) is 24.1 Å². The fraction of sp³-hybridized carbons (Fsp3) is 0.125. The van der Waals surface area contributed by atoms with Gasteiger partial charge in [0.15, 0.2) is 5.65 Å². The number of benzene rings is 1. The molecule has 0 amide bonds. The Morgan fingerprint density at radius 1 is 0.909 bits per heavy atom. The fourth-order valence-corrected chi connectivity index (χ4v) is 5.93. The summed E-state index contributed by atoms with van der Waals surface area (Å²) in [5.74, 6) is 0. The first-order valence-electron chi connectivity index (χ1n) is 10.4. The number of hydrogen-bond donors (Lipinski definition) is 0. The smallest absolute Gasteiger partial charge is 0.269 e. The van der Waals surface area contributed by atoms with Crippen LogP contribution in [0.3, 0.4) is 0 Å². The van der Waals surface area contributed by atoms with Gasteiger partial charge in [0.1, 0.15) is 5.65 Å². The molecule has 0 radical (unpaired) electrons. The standard InChI is InChI=1S/C24H20N6O2S/c1-15-6-8-17(9-7-15)33(31,32)30-21(20-14-28(2)23-18(20)5-4-10-25-23)11-19-22-16(12-26-24(19)30)13-27-29(22)3/h4-14H,1-3H3. The van der Waals surface area contributed by atoms with Crippen LogP contribution in [0.4, 0.5) is 0 Å². The van der Waals surface area contributed by atoms with E-state index in [0.717, 1.165) is 38.4 Å². The van der Waals surface area contributed by atoms with Gasteiger partial charge in [-0.05, 0) is 37.3 Å². The second-order valence-corrected chi connectivity index (χ2v) is 9.99. The maximum absolute atomic E-state index is 14.0. The van der Waals surface area contributed by atoms with Gasteiger partial charge in [-0.1, -0.05) is 17.7 Å². The number of pyridine rings is 2. The first-order chi connectivity index (χ1) is 15.9. The molecule has 6 rings (SSSR count). The molecule has 0 bridgehead atoms. The first kappa shape index (κ1) is 19.7. The quantitative estimate of drug-likeness (QED) is 0.401. The van der Waals surface area contributed by atoms with Gasteiger partial charge in [-0.25, -0.2) is 22.4 Å². The van der Waals surface area contributed by atoms with Crippen molar-refractivity contribution in [3.8, 4) is 11.3 Å². The van der Waals surface area contributed by atoms with Crippen LogP contribution in [0.5, 0.6) is 0 Å². The lowest BCUT2D eigenvalue weighted by atomic mass is 10.1. The Kier molecular flexibility index (Phi) is 4.03. The van der Waals surface area contributed by atoms with Crippen LogP contribution in [0.1, 0.15) is 5.56 Å². The Morgan fingerprint density at radius 2 is 1.70 bits per heavy atom. The van der Waals surface area contributed by atoms with E-state index in [1.165, 1.54) is 3.97 Å². The third-order valence-corrected chi connectivity index (χ3v) is 7.77. The molecule has 0 atom stereocenters. The van der Waals surface area contributed by atoms with Crippen LogP contribution in [0, 0.1) is 6.92 Å². The van der Waals surface area contributed by atoms with Crippen molar-refractivity contribution in [3.63, 3.8) is 0 Å². The average molecular weight is 457 g/mol. The van der Waals surface area contributed by atoms with Gasteiger partial charge in [-0.15, -0.1) is 0 Å². The zero-order chi connectivity index (χ0) is 22.9. The summed E-state index contributed by atoms with van der Waals surface area (Å²) in [6, 6.07) is 12.6. The van der Waals surface area contributed by atoms with Crippen molar-refractivity contribution < 1.29 is 8.42 Å². The highest BCUT2D eigenvalue weighted by molar-refractivity contribution is 7.90. The summed E-state index contributed by atoms with van der Waals surface area (Å²) in [4.78, 5) is 9.25. The molecule has 0 N–H and O–H groups in total. The van der Waals surface area contributed by atoms with Crippen molar-refractivity contribution in [1.82, 2.24) is 28.3 Å². The van der Waals surface area contributed by atoms with Crippen molar-refractivity contribution in [2.24, 2.45) is 14.1 Å². The lowest BCUT2D eigenvalue weighted by Gasteiger charge is -2.11. The highest BCUT2D eigenvalue weighted by atomic mass is 32.2. The highest BCUT2D eigenvalue weighted by Crippen LogP contribution is 2.37. The number of nitrogens with zero attached hydrogens (tertiary/aromatic N) is 6. The molecule has 5 aromatic heterocycles. The van der Waals surface area contributed by atoms with Crippen molar-refractivity contribution in [2.45, 2.75) is 11.8 Å². The molecule has 33 heavy (non-hydrogen) atoms.